The highest BCUT2D eigenvalue weighted by molar-refractivity contribution is 8.01. The SMILES string of the molecule is CN(CCO)C(=O)CSc1nc2ccccc2s1. The molecule has 1 aromatic carbocycles. The van der Waals surface area contributed by atoms with Gasteiger partial charge in [-0.1, -0.05) is 23.9 Å². The number of amides is 1. The van der Waals surface area contributed by atoms with E-state index in [4.69, 9.17) is 5.11 Å². The van der Waals surface area contributed by atoms with Gasteiger partial charge in [-0.3, -0.25) is 4.79 Å². The number of rotatable bonds is 5. The van der Waals surface area contributed by atoms with Crippen molar-refractivity contribution in [2.75, 3.05) is 26.0 Å². The summed E-state index contributed by atoms with van der Waals surface area (Å²) in [5.41, 5.74) is 0.973. The maximum atomic E-state index is 11.7. The first-order valence-electron chi connectivity index (χ1n) is 5.54. The largest absolute Gasteiger partial charge is 0.395 e. The monoisotopic (exact) mass is 282 g/mol. The Kier molecular flexibility index (Phi) is 4.57. The van der Waals surface area contributed by atoms with Crippen LogP contribution in [0.1, 0.15) is 0 Å². The zero-order chi connectivity index (χ0) is 13.0. The highest BCUT2D eigenvalue weighted by Crippen LogP contribution is 2.29. The lowest BCUT2D eigenvalue weighted by Gasteiger charge is -2.14. The molecule has 0 fully saturated rings. The minimum atomic E-state index is -0.00591. The standard InChI is InChI=1S/C12H14N2O2S2/c1-14(6-7-15)11(16)8-17-12-13-9-4-2-3-5-10(9)18-12/h2-5,15H,6-8H2,1H3. The molecule has 6 heteroatoms. The van der Waals surface area contributed by atoms with Gasteiger partial charge in [0, 0.05) is 13.6 Å². The van der Waals surface area contributed by atoms with E-state index in [0.29, 0.717) is 12.3 Å². The van der Waals surface area contributed by atoms with E-state index in [-0.39, 0.29) is 12.5 Å². The van der Waals surface area contributed by atoms with Crippen LogP contribution in [0.5, 0.6) is 0 Å². The number of carbonyl (C=O) groups excluding carboxylic acids is 1. The van der Waals surface area contributed by atoms with Gasteiger partial charge in [-0.2, -0.15) is 0 Å². The molecule has 0 atom stereocenters. The van der Waals surface area contributed by atoms with E-state index in [1.54, 1.807) is 18.4 Å². The van der Waals surface area contributed by atoms with Gasteiger partial charge in [0.1, 0.15) is 0 Å². The van der Waals surface area contributed by atoms with E-state index in [2.05, 4.69) is 4.98 Å². The smallest absolute Gasteiger partial charge is 0.232 e. The average Bonchev–Trinajstić information content (AvgIpc) is 2.78. The van der Waals surface area contributed by atoms with Crippen LogP contribution in [0.25, 0.3) is 10.2 Å². The molecule has 1 heterocycles. The van der Waals surface area contributed by atoms with Crippen LogP contribution in [0.4, 0.5) is 0 Å². The third-order valence-corrected chi connectivity index (χ3v) is 4.62. The van der Waals surface area contributed by atoms with Crippen LogP contribution in [0.3, 0.4) is 0 Å². The van der Waals surface area contributed by atoms with Gasteiger partial charge in [-0.05, 0) is 12.1 Å². The van der Waals surface area contributed by atoms with E-state index in [1.165, 1.54) is 16.7 Å². The highest BCUT2D eigenvalue weighted by Gasteiger charge is 2.10. The Balaban J connectivity index is 1.95. The van der Waals surface area contributed by atoms with E-state index in [1.807, 2.05) is 24.3 Å². The van der Waals surface area contributed by atoms with Gasteiger partial charge in [0.15, 0.2) is 4.34 Å². The van der Waals surface area contributed by atoms with Crippen LogP contribution >= 0.6 is 23.1 Å². The zero-order valence-electron chi connectivity index (χ0n) is 10.00. The number of aliphatic hydroxyl groups excluding tert-OH is 1. The minimum absolute atomic E-state index is 0.00591. The van der Waals surface area contributed by atoms with Crippen molar-refractivity contribution in [2.24, 2.45) is 0 Å². The van der Waals surface area contributed by atoms with Gasteiger partial charge < -0.3 is 10.0 Å². The normalized spacial score (nSPS) is 10.8. The maximum absolute atomic E-state index is 11.7. The first-order chi connectivity index (χ1) is 8.70. The van der Waals surface area contributed by atoms with E-state index >= 15 is 0 Å². The Bertz CT molecular complexity index is 509. The van der Waals surface area contributed by atoms with Crippen molar-refractivity contribution in [3.8, 4) is 0 Å². The molecule has 0 saturated heterocycles. The molecule has 0 aliphatic rings. The molecule has 0 unspecified atom stereocenters. The van der Waals surface area contributed by atoms with Gasteiger partial charge in [0.2, 0.25) is 5.91 Å². The van der Waals surface area contributed by atoms with Crippen LogP contribution in [-0.2, 0) is 4.79 Å². The van der Waals surface area contributed by atoms with Crippen molar-refractivity contribution < 1.29 is 9.90 Å². The summed E-state index contributed by atoms with van der Waals surface area (Å²) in [6, 6.07) is 7.93. The van der Waals surface area contributed by atoms with Gasteiger partial charge in [-0.15, -0.1) is 11.3 Å². The highest BCUT2D eigenvalue weighted by atomic mass is 32.2. The lowest BCUT2D eigenvalue weighted by Crippen LogP contribution is -2.30. The summed E-state index contributed by atoms with van der Waals surface area (Å²) < 4.78 is 2.04. The van der Waals surface area contributed by atoms with Crippen LogP contribution in [-0.4, -0.2) is 46.8 Å². The molecule has 0 radical (unpaired) electrons. The summed E-state index contributed by atoms with van der Waals surface area (Å²) in [4.78, 5) is 17.7. The summed E-state index contributed by atoms with van der Waals surface area (Å²) in [5, 5.41) is 8.76. The second kappa shape index (κ2) is 6.17. The third-order valence-electron chi connectivity index (χ3n) is 2.45. The van der Waals surface area contributed by atoms with Crippen molar-refractivity contribution >= 4 is 39.2 Å². The number of aliphatic hydroxyl groups is 1. The summed E-state index contributed by atoms with van der Waals surface area (Å²) in [5.74, 6) is 0.365. The Hall–Kier alpha value is -1.11. The predicted molar refractivity (Wildman–Crippen MR) is 75.1 cm³/mol. The molecule has 0 saturated carbocycles. The Labute approximate surface area is 114 Å². The van der Waals surface area contributed by atoms with Gasteiger partial charge in [-0.25, -0.2) is 4.98 Å². The number of para-hydroxylation sites is 1. The van der Waals surface area contributed by atoms with Crippen LogP contribution in [0.2, 0.25) is 0 Å². The summed E-state index contributed by atoms with van der Waals surface area (Å²) in [7, 11) is 1.69. The first-order valence-corrected chi connectivity index (χ1v) is 7.34. The molecule has 0 spiro atoms. The van der Waals surface area contributed by atoms with Crippen LogP contribution < -0.4 is 0 Å². The number of nitrogens with zero attached hydrogens (tertiary/aromatic N) is 2. The average molecular weight is 282 g/mol. The second-order valence-electron chi connectivity index (χ2n) is 3.78. The van der Waals surface area contributed by atoms with E-state index in [0.717, 1.165) is 14.6 Å². The van der Waals surface area contributed by atoms with Gasteiger partial charge >= 0.3 is 0 Å². The number of aromatic nitrogens is 1. The second-order valence-corrected chi connectivity index (χ2v) is 6.03. The van der Waals surface area contributed by atoms with Crippen molar-refractivity contribution in [1.29, 1.82) is 0 Å². The number of carbonyl (C=O) groups is 1. The molecule has 0 aliphatic heterocycles. The molecule has 0 aliphatic carbocycles. The van der Waals surface area contributed by atoms with Crippen molar-refractivity contribution in [1.82, 2.24) is 9.88 Å². The minimum Gasteiger partial charge on any atom is -0.395 e. The first kappa shape index (κ1) is 13.3. The number of hydrogen-bond acceptors (Lipinski definition) is 5. The molecule has 2 rings (SSSR count). The van der Waals surface area contributed by atoms with E-state index in [9.17, 15) is 4.79 Å². The molecule has 96 valence electrons. The Morgan fingerprint density at radius 1 is 1.50 bits per heavy atom. The van der Waals surface area contributed by atoms with Gasteiger partial charge in [0.25, 0.3) is 0 Å². The Morgan fingerprint density at radius 2 is 2.28 bits per heavy atom. The lowest BCUT2D eigenvalue weighted by molar-refractivity contribution is -0.127. The molecule has 18 heavy (non-hydrogen) atoms. The molecule has 4 nitrogen and oxygen atoms in total. The van der Waals surface area contributed by atoms with E-state index < -0.39 is 0 Å². The molecular formula is C12H14N2O2S2. The lowest BCUT2D eigenvalue weighted by atomic mass is 10.3. The summed E-state index contributed by atoms with van der Waals surface area (Å²) in [6.07, 6.45) is 0. The summed E-state index contributed by atoms with van der Waals surface area (Å²) >= 11 is 3.04. The topological polar surface area (TPSA) is 53.4 Å². The molecular weight excluding hydrogens is 268 g/mol. The van der Waals surface area contributed by atoms with Gasteiger partial charge in [0.05, 0.1) is 22.6 Å². The molecule has 1 aromatic heterocycles. The number of thiazole rings is 1. The fraction of sp³-hybridized carbons (Fsp3) is 0.333. The molecule has 0 bridgehead atoms. The molecule has 1 N–H and O–H groups in total. The van der Waals surface area contributed by atoms with Crippen molar-refractivity contribution in [3.63, 3.8) is 0 Å². The summed E-state index contributed by atoms with van der Waals surface area (Å²) in [6.45, 7) is 0.368. The maximum Gasteiger partial charge on any atom is 0.232 e. The molecule has 2 aromatic rings. The van der Waals surface area contributed by atoms with Crippen LogP contribution in [0, 0.1) is 0 Å². The number of hydrogen-bond donors (Lipinski definition) is 1. The van der Waals surface area contributed by atoms with Crippen LogP contribution in [0.15, 0.2) is 28.6 Å². The number of fused-ring (bicyclic) bond motifs is 1. The number of thioether (sulfide) groups is 1. The van der Waals surface area contributed by atoms with Crippen molar-refractivity contribution in [2.45, 2.75) is 4.34 Å². The molecule has 1 amide bonds. The fourth-order valence-corrected chi connectivity index (χ4v) is 3.43. The number of benzene rings is 1. The fourth-order valence-electron chi connectivity index (χ4n) is 1.42. The predicted octanol–water partition coefficient (Wildman–Crippen LogP) is 1.84. The number of likely N-dealkylation sites (N-methyl/N-ethyl adjacent to an activating group) is 1. The quantitative estimate of drug-likeness (QED) is 0.850. The van der Waals surface area contributed by atoms with Crippen molar-refractivity contribution in [3.05, 3.63) is 24.3 Å². The zero-order valence-corrected chi connectivity index (χ0v) is 11.6. The third kappa shape index (κ3) is 3.22. The Morgan fingerprint density at radius 3 is 3.00 bits per heavy atom.